The molecule has 1 aromatic heterocycles. The number of rotatable bonds is 7. The van der Waals surface area contributed by atoms with E-state index in [0.717, 1.165) is 41.9 Å². The first kappa shape index (κ1) is 18.7. The molecule has 1 aliphatic rings. The normalized spacial score (nSPS) is 17.5. The largest absolute Gasteiger partial charge is 0.492 e. The van der Waals surface area contributed by atoms with Gasteiger partial charge in [-0.1, -0.05) is 23.5 Å². The van der Waals surface area contributed by atoms with Crippen LogP contribution in [0.15, 0.2) is 48.5 Å². The van der Waals surface area contributed by atoms with Crippen LogP contribution in [0.1, 0.15) is 12.8 Å². The van der Waals surface area contributed by atoms with Crippen molar-refractivity contribution in [1.82, 2.24) is 9.88 Å². The molecule has 1 atom stereocenters. The summed E-state index contributed by atoms with van der Waals surface area (Å²) >= 11 is 1.52. The Morgan fingerprint density at radius 2 is 1.96 bits per heavy atom. The molecule has 6 nitrogen and oxygen atoms in total. The first-order valence-electron chi connectivity index (χ1n) is 9.39. The van der Waals surface area contributed by atoms with Crippen molar-refractivity contribution in [1.29, 1.82) is 0 Å². The van der Waals surface area contributed by atoms with Gasteiger partial charge in [0.15, 0.2) is 0 Å². The summed E-state index contributed by atoms with van der Waals surface area (Å²) in [5.74, 6) is 0.525. The maximum atomic E-state index is 11.1. The van der Waals surface area contributed by atoms with Crippen molar-refractivity contribution in [2.45, 2.75) is 12.8 Å². The van der Waals surface area contributed by atoms with Crippen LogP contribution in [0.25, 0.3) is 10.2 Å². The average molecular weight is 398 g/mol. The Kier molecular flexibility index (Phi) is 5.73. The topological polar surface area (TPSA) is 71.9 Å². The lowest BCUT2D eigenvalue weighted by Gasteiger charge is -2.30. The average Bonchev–Trinajstić information content (AvgIpc) is 3.12. The van der Waals surface area contributed by atoms with Gasteiger partial charge in [-0.15, -0.1) is 0 Å². The highest BCUT2D eigenvalue weighted by Gasteiger charge is 2.24. The SMILES string of the molecule is O=C(O)C1CCCN(CCOc2ccc(Oc3nc4ccccc4s3)cc2)C1. The molecule has 0 saturated carbocycles. The summed E-state index contributed by atoms with van der Waals surface area (Å²) in [6.45, 7) is 2.80. The summed E-state index contributed by atoms with van der Waals surface area (Å²) in [5, 5.41) is 9.78. The minimum absolute atomic E-state index is 0.257. The lowest BCUT2D eigenvalue weighted by atomic mass is 9.98. The monoisotopic (exact) mass is 398 g/mol. The molecular weight excluding hydrogens is 376 g/mol. The molecule has 0 amide bonds. The minimum atomic E-state index is -0.700. The molecule has 0 spiro atoms. The van der Waals surface area contributed by atoms with E-state index in [9.17, 15) is 4.79 Å². The van der Waals surface area contributed by atoms with Gasteiger partial charge in [0.1, 0.15) is 18.1 Å². The van der Waals surface area contributed by atoms with E-state index in [1.54, 1.807) is 0 Å². The molecule has 0 aliphatic carbocycles. The van der Waals surface area contributed by atoms with Crippen LogP contribution in [0.3, 0.4) is 0 Å². The van der Waals surface area contributed by atoms with Crippen LogP contribution in [0.5, 0.6) is 16.7 Å². The summed E-state index contributed by atoms with van der Waals surface area (Å²) in [6, 6.07) is 15.4. The van der Waals surface area contributed by atoms with Gasteiger partial charge in [-0.2, -0.15) is 0 Å². The van der Waals surface area contributed by atoms with Gasteiger partial charge in [0.05, 0.1) is 16.1 Å². The van der Waals surface area contributed by atoms with E-state index in [2.05, 4.69) is 9.88 Å². The van der Waals surface area contributed by atoms with Crippen LogP contribution < -0.4 is 9.47 Å². The number of hydrogen-bond acceptors (Lipinski definition) is 6. The fourth-order valence-corrected chi connectivity index (χ4v) is 4.19. The number of ether oxygens (including phenoxy) is 2. The molecule has 3 aromatic rings. The molecule has 7 heteroatoms. The van der Waals surface area contributed by atoms with E-state index >= 15 is 0 Å². The molecule has 1 N–H and O–H groups in total. The first-order chi connectivity index (χ1) is 13.7. The lowest BCUT2D eigenvalue weighted by Crippen LogP contribution is -2.40. The molecule has 28 heavy (non-hydrogen) atoms. The highest BCUT2D eigenvalue weighted by Crippen LogP contribution is 2.31. The fraction of sp³-hybridized carbons (Fsp3) is 0.333. The van der Waals surface area contributed by atoms with Crippen molar-refractivity contribution in [3.63, 3.8) is 0 Å². The van der Waals surface area contributed by atoms with Gasteiger partial charge >= 0.3 is 5.97 Å². The van der Waals surface area contributed by atoms with Crippen molar-refractivity contribution < 1.29 is 19.4 Å². The summed E-state index contributed by atoms with van der Waals surface area (Å²) in [5.41, 5.74) is 0.935. The summed E-state index contributed by atoms with van der Waals surface area (Å²) in [6.07, 6.45) is 1.69. The van der Waals surface area contributed by atoms with Gasteiger partial charge in [0.25, 0.3) is 5.19 Å². The third-order valence-electron chi connectivity index (χ3n) is 4.83. The number of carboxylic acid groups (broad SMARTS) is 1. The molecule has 1 unspecified atom stereocenters. The number of hydrogen-bond donors (Lipinski definition) is 1. The highest BCUT2D eigenvalue weighted by molar-refractivity contribution is 7.20. The third kappa shape index (κ3) is 4.61. The van der Waals surface area contributed by atoms with Crippen molar-refractivity contribution in [2.24, 2.45) is 5.92 Å². The Balaban J connectivity index is 1.27. The van der Waals surface area contributed by atoms with Gasteiger partial charge in [0, 0.05) is 13.1 Å². The standard InChI is InChI=1S/C21H22N2O4S/c24-20(25)15-4-3-11-23(14-15)12-13-26-16-7-9-17(10-8-16)27-21-22-18-5-1-2-6-19(18)28-21/h1-2,5-10,15H,3-4,11-14H2,(H,24,25). The molecule has 2 heterocycles. The third-order valence-corrected chi connectivity index (χ3v) is 5.75. The first-order valence-corrected chi connectivity index (χ1v) is 10.2. The zero-order valence-electron chi connectivity index (χ0n) is 15.4. The molecule has 2 aromatic carbocycles. The number of carbonyl (C=O) groups is 1. The number of para-hydroxylation sites is 1. The van der Waals surface area contributed by atoms with E-state index in [1.807, 2.05) is 48.5 Å². The van der Waals surface area contributed by atoms with Gasteiger partial charge in [-0.3, -0.25) is 9.69 Å². The van der Waals surface area contributed by atoms with E-state index < -0.39 is 5.97 Å². The number of fused-ring (bicyclic) bond motifs is 1. The maximum Gasteiger partial charge on any atom is 0.307 e. The number of thiazole rings is 1. The molecule has 1 aliphatic heterocycles. The number of carboxylic acids is 1. The molecule has 1 saturated heterocycles. The van der Waals surface area contributed by atoms with Crippen molar-refractivity contribution in [3.05, 3.63) is 48.5 Å². The zero-order valence-corrected chi connectivity index (χ0v) is 16.2. The van der Waals surface area contributed by atoms with Crippen molar-refractivity contribution in [2.75, 3.05) is 26.2 Å². The predicted octanol–water partition coefficient (Wildman–Crippen LogP) is 4.26. The van der Waals surface area contributed by atoms with Crippen molar-refractivity contribution in [3.8, 4) is 16.7 Å². The van der Waals surface area contributed by atoms with Crippen LogP contribution in [0.4, 0.5) is 0 Å². The van der Waals surface area contributed by atoms with E-state index in [4.69, 9.17) is 14.6 Å². The Labute approximate surface area is 167 Å². The zero-order chi connectivity index (χ0) is 19.3. The van der Waals surface area contributed by atoms with Crippen LogP contribution >= 0.6 is 11.3 Å². The lowest BCUT2D eigenvalue weighted by molar-refractivity contribution is -0.143. The van der Waals surface area contributed by atoms with Crippen LogP contribution in [0.2, 0.25) is 0 Å². The minimum Gasteiger partial charge on any atom is -0.492 e. The second-order valence-electron chi connectivity index (χ2n) is 6.85. The van der Waals surface area contributed by atoms with Crippen LogP contribution in [-0.2, 0) is 4.79 Å². The van der Waals surface area contributed by atoms with Gasteiger partial charge < -0.3 is 14.6 Å². The Morgan fingerprint density at radius 3 is 2.75 bits per heavy atom. The highest BCUT2D eigenvalue weighted by atomic mass is 32.1. The molecule has 146 valence electrons. The number of aromatic nitrogens is 1. The van der Waals surface area contributed by atoms with E-state index in [-0.39, 0.29) is 5.92 Å². The summed E-state index contributed by atoms with van der Waals surface area (Å²) in [4.78, 5) is 17.8. The maximum absolute atomic E-state index is 11.1. The number of piperidine rings is 1. The Hall–Kier alpha value is -2.64. The van der Waals surface area contributed by atoms with E-state index in [0.29, 0.717) is 24.1 Å². The fourth-order valence-electron chi connectivity index (χ4n) is 3.35. The molecule has 0 radical (unpaired) electrons. The van der Waals surface area contributed by atoms with Crippen LogP contribution in [-0.4, -0.2) is 47.2 Å². The smallest absolute Gasteiger partial charge is 0.307 e. The second-order valence-corrected chi connectivity index (χ2v) is 7.84. The predicted molar refractivity (Wildman–Crippen MR) is 108 cm³/mol. The molecule has 4 rings (SSSR count). The number of likely N-dealkylation sites (tertiary alicyclic amines) is 1. The number of aliphatic carboxylic acids is 1. The summed E-state index contributed by atoms with van der Waals surface area (Å²) in [7, 11) is 0. The van der Waals surface area contributed by atoms with E-state index in [1.165, 1.54) is 11.3 Å². The quantitative estimate of drug-likeness (QED) is 0.641. The van der Waals surface area contributed by atoms with Crippen LogP contribution in [0, 0.1) is 5.92 Å². The Bertz CT molecular complexity index is 908. The van der Waals surface area contributed by atoms with Gasteiger partial charge in [-0.25, -0.2) is 4.98 Å². The number of nitrogens with zero attached hydrogens (tertiary/aromatic N) is 2. The van der Waals surface area contributed by atoms with Gasteiger partial charge in [0.2, 0.25) is 0 Å². The molecular formula is C21H22N2O4S. The van der Waals surface area contributed by atoms with Gasteiger partial charge in [-0.05, 0) is 55.8 Å². The molecule has 0 bridgehead atoms. The van der Waals surface area contributed by atoms with Crippen molar-refractivity contribution >= 4 is 27.5 Å². The number of benzene rings is 2. The molecule has 1 fully saturated rings. The summed E-state index contributed by atoms with van der Waals surface area (Å²) < 4.78 is 12.7. The Morgan fingerprint density at radius 1 is 1.18 bits per heavy atom. The second kappa shape index (κ2) is 8.58.